The van der Waals surface area contributed by atoms with Crippen molar-refractivity contribution >= 4 is 56.7 Å². The van der Waals surface area contributed by atoms with Crippen LogP contribution in [0.4, 0.5) is 0 Å². The molecule has 0 amide bonds. The highest BCUT2D eigenvalue weighted by atomic mass is 35.5. The molecule has 1 heterocycles. The summed E-state index contributed by atoms with van der Waals surface area (Å²) in [7, 11) is 0. The number of ketones is 2. The van der Waals surface area contributed by atoms with Crippen LogP contribution in [0.3, 0.4) is 0 Å². The molecular weight excluding hydrogens is 363 g/mol. The summed E-state index contributed by atoms with van der Waals surface area (Å²) in [6.45, 7) is 0. The zero-order valence-electron chi connectivity index (χ0n) is 13.2. The maximum absolute atomic E-state index is 12.8. The molecule has 0 spiro atoms. The molecule has 0 aliphatic carbocycles. The van der Waals surface area contributed by atoms with Gasteiger partial charge in [0.05, 0.1) is 10.8 Å². The van der Waals surface area contributed by atoms with E-state index in [0.717, 1.165) is 0 Å². The maximum Gasteiger partial charge on any atom is 0.200 e. The molecule has 0 atom stereocenters. The van der Waals surface area contributed by atoms with E-state index in [1.807, 2.05) is 0 Å². The van der Waals surface area contributed by atoms with Gasteiger partial charge in [0.25, 0.3) is 0 Å². The van der Waals surface area contributed by atoms with Crippen LogP contribution in [0.5, 0.6) is 0 Å². The van der Waals surface area contributed by atoms with E-state index in [0.29, 0.717) is 33.1 Å². The number of alkyl halides is 2. The van der Waals surface area contributed by atoms with E-state index in [1.54, 1.807) is 24.3 Å². The Morgan fingerprint density at radius 3 is 1.64 bits per heavy atom. The molecule has 1 aromatic heterocycles. The van der Waals surface area contributed by atoms with Crippen molar-refractivity contribution in [3.63, 3.8) is 0 Å². The van der Waals surface area contributed by atoms with Gasteiger partial charge in [0.1, 0.15) is 11.2 Å². The predicted molar refractivity (Wildman–Crippen MR) is 99.3 cm³/mol. The van der Waals surface area contributed by atoms with Crippen molar-refractivity contribution in [2.24, 2.45) is 0 Å². The van der Waals surface area contributed by atoms with Crippen molar-refractivity contribution in [3.05, 3.63) is 57.7 Å². The molecule has 0 bridgehead atoms. The van der Waals surface area contributed by atoms with Gasteiger partial charge < -0.3 is 4.42 Å². The molecule has 0 aliphatic rings. The second kappa shape index (κ2) is 7.38. The molecule has 128 valence electrons. The third kappa shape index (κ3) is 3.46. The topological polar surface area (TPSA) is 64.3 Å². The highest BCUT2D eigenvalue weighted by Crippen LogP contribution is 2.22. The van der Waals surface area contributed by atoms with Gasteiger partial charge in [0.15, 0.2) is 11.6 Å². The van der Waals surface area contributed by atoms with Crippen LogP contribution in [-0.4, -0.2) is 23.3 Å². The summed E-state index contributed by atoms with van der Waals surface area (Å²) in [5.41, 5.74) is 1.32. The number of fused-ring (bicyclic) bond motifs is 2. The number of benzene rings is 2. The van der Waals surface area contributed by atoms with Gasteiger partial charge in [-0.3, -0.25) is 14.4 Å². The third-order valence-electron chi connectivity index (χ3n) is 3.96. The first-order valence-corrected chi connectivity index (χ1v) is 8.81. The van der Waals surface area contributed by atoms with Gasteiger partial charge in [-0.25, -0.2) is 0 Å². The molecular formula is C19H14Cl2O4. The van der Waals surface area contributed by atoms with Crippen molar-refractivity contribution in [1.29, 1.82) is 0 Å². The highest BCUT2D eigenvalue weighted by molar-refractivity contribution is 6.20. The zero-order valence-corrected chi connectivity index (χ0v) is 14.7. The second-order valence-corrected chi connectivity index (χ2v) is 6.33. The van der Waals surface area contributed by atoms with Crippen LogP contribution in [0.15, 0.2) is 45.6 Å². The number of carbonyl (C=O) groups is 2. The smallest absolute Gasteiger partial charge is 0.200 e. The average molecular weight is 377 g/mol. The molecule has 3 aromatic rings. The Morgan fingerprint density at radius 2 is 1.24 bits per heavy atom. The van der Waals surface area contributed by atoms with Gasteiger partial charge in [-0.1, -0.05) is 0 Å². The lowest BCUT2D eigenvalue weighted by molar-refractivity contribution is 0.0981. The Kier molecular flexibility index (Phi) is 5.21. The van der Waals surface area contributed by atoms with Crippen molar-refractivity contribution in [1.82, 2.24) is 0 Å². The van der Waals surface area contributed by atoms with Crippen LogP contribution in [0.25, 0.3) is 21.9 Å². The molecule has 25 heavy (non-hydrogen) atoms. The van der Waals surface area contributed by atoms with Gasteiger partial charge in [0.2, 0.25) is 5.43 Å². The predicted octanol–water partition coefficient (Wildman–Crippen LogP) is 4.57. The summed E-state index contributed by atoms with van der Waals surface area (Å²) < 4.78 is 5.74. The van der Waals surface area contributed by atoms with Gasteiger partial charge in [-0.2, -0.15) is 0 Å². The maximum atomic E-state index is 12.8. The van der Waals surface area contributed by atoms with E-state index < -0.39 is 0 Å². The molecule has 4 nitrogen and oxygen atoms in total. The third-order valence-corrected chi connectivity index (χ3v) is 4.33. The average Bonchev–Trinajstić information content (AvgIpc) is 2.62. The van der Waals surface area contributed by atoms with Gasteiger partial charge >= 0.3 is 0 Å². The Balaban J connectivity index is 2.19. The minimum atomic E-state index is -0.280. The monoisotopic (exact) mass is 376 g/mol. The molecule has 0 radical (unpaired) electrons. The van der Waals surface area contributed by atoms with Gasteiger partial charge in [-0.15, -0.1) is 23.2 Å². The largest absolute Gasteiger partial charge is 0.456 e. The Morgan fingerprint density at radius 1 is 0.800 bits per heavy atom. The Labute approximate surface area is 153 Å². The van der Waals surface area contributed by atoms with Gasteiger partial charge in [0, 0.05) is 35.7 Å². The summed E-state index contributed by atoms with van der Waals surface area (Å²) in [6, 6.07) is 9.47. The lowest BCUT2D eigenvalue weighted by atomic mass is 10.0. The van der Waals surface area contributed by atoms with E-state index in [9.17, 15) is 14.4 Å². The highest BCUT2D eigenvalue weighted by Gasteiger charge is 2.13. The molecule has 3 rings (SSSR count). The minimum Gasteiger partial charge on any atom is -0.456 e. The zero-order chi connectivity index (χ0) is 18.0. The van der Waals surface area contributed by atoms with E-state index in [4.69, 9.17) is 27.6 Å². The van der Waals surface area contributed by atoms with E-state index in [2.05, 4.69) is 0 Å². The van der Waals surface area contributed by atoms with Crippen LogP contribution in [0.2, 0.25) is 0 Å². The summed E-state index contributed by atoms with van der Waals surface area (Å²) in [4.78, 5) is 36.8. The molecule has 6 heteroatoms. The summed E-state index contributed by atoms with van der Waals surface area (Å²) in [6.07, 6.45) is 0.395. The molecule has 0 aliphatic heterocycles. The summed E-state index contributed by atoms with van der Waals surface area (Å²) in [5.74, 6) is 0.162. The lowest BCUT2D eigenvalue weighted by Crippen LogP contribution is -2.07. The van der Waals surface area contributed by atoms with Crippen LogP contribution in [0.1, 0.15) is 33.6 Å². The fourth-order valence-electron chi connectivity index (χ4n) is 2.66. The molecule has 0 unspecified atom stereocenters. The molecule has 2 aromatic carbocycles. The quantitative estimate of drug-likeness (QED) is 0.359. The number of carbonyl (C=O) groups excluding carboxylic acids is 2. The van der Waals surface area contributed by atoms with E-state index in [1.165, 1.54) is 12.1 Å². The second-order valence-electron chi connectivity index (χ2n) is 5.58. The van der Waals surface area contributed by atoms with Crippen LogP contribution in [0, 0.1) is 0 Å². The van der Waals surface area contributed by atoms with Gasteiger partial charge in [-0.05, 0) is 36.4 Å². The van der Waals surface area contributed by atoms with E-state index in [-0.39, 0.29) is 41.6 Å². The standard InChI is InChI=1S/C19H14Cl2O4/c20-7-5-15(22)11-1-3-17-13(9-11)19(24)14-10-12(16(23)6-8-21)2-4-18(14)25-17/h1-4,9-10H,5-8H2. The van der Waals surface area contributed by atoms with E-state index >= 15 is 0 Å². The van der Waals surface area contributed by atoms with Crippen molar-refractivity contribution < 1.29 is 14.0 Å². The first-order valence-electron chi connectivity index (χ1n) is 7.74. The van der Waals surface area contributed by atoms with Crippen LogP contribution in [-0.2, 0) is 0 Å². The van der Waals surface area contributed by atoms with Crippen molar-refractivity contribution in [3.8, 4) is 0 Å². The first-order chi connectivity index (χ1) is 12.0. The SMILES string of the molecule is O=C(CCCl)c1ccc2oc3ccc(C(=O)CCCl)cc3c(=O)c2c1. The Hall–Kier alpha value is -2.17. The molecule has 0 saturated carbocycles. The number of halogens is 2. The summed E-state index contributed by atoms with van der Waals surface area (Å²) >= 11 is 11.2. The number of rotatable bonds is 6. The minimum absolute atomic E-state index is 0.137. The molecule has 0 saturated heterocycles. The summed E-state index contributed by atoms with van der Waals surface area (Å²) in [5, 5.41) is 0.602. The fourth-order valence-corrected chi connectivity index (χ4v) is 3.01. The van der Waals surface area contributed by atoms with Crippen LogP contribution < -0.4 is 5.43 Å². The number of Topliss-reactive ketones (excluding diaryl/α,β-unsaturated/α-hetero) is 2. The van der Waals surface area contributed by atoms with Crippen molar-refractivity contribution in [2.75, 3.05) is 11.8 Å². The molecule has 0 N–H and O–H groups in total. The fraction of sp³-hybridized carbons (Fsp3) is 0.211. The normalized spacial score (nSPS) is 11.1. The molecule has 0 fully saturated rings. The van der Waals surface area contributed by atoms with Crippen molar-refractivity contribution in [2.45, 2.75) is 12.8 Å². The Bertz CT molecular complexity index is 958. The number of hydrogen-bond acceptors (Lipinski definition) is 4. The lowest BCUT2D eigenvalue weighted by Gasteiger charge is -2.05. The number of hydrogen-bond donors (Lipinski definition) is 0. The first kappa shape index (κ1) is 17.6. The van der Waals surface area contributed by atoms with Crippen LogP contribution >= 0.6 is 23.2 Å².